The molecule has 0 saturated carbocycles. The predicted molar refractivity (Wildman–Crippen MR) is 403 cm³/mol. The fourth-order valence-corrected chi connectivity index (χ4v) is 8.62. The first-order valence-electron chi connectivity index (χ1n) is 31.6. The summed E-state index contributed by atoms with van der Waals surface area (Å²) in [7, 11) is -17.9. The molecule has 1 aliphatic heterocycles. The summed E-state index contributed by atoms with van der Waals surface area (Å²) in [5.41, 5.74) is -1.26. The SMILES string of the molecule is CC(C)(C)Nc1c(-c2ccc(Br)cc2)nc2cnccn12.Cc1noc(C)c1-c1ccc(-c2nc3cnccn3c2NC(C)(C)C)cc1.Cc1noc(C)c1B1OC(C)(C)C(C)(C)O1.Nc1ccncn1.O=Cc1ccc(Br)cc1.O=S(=O)(O)C(F)(F)F.O=S(=O)(O)C(F)(F)F.O=S(=O)(O)C(F)(F)F.[C-]#[N+]C(C)(C)C.[Sc]. The first kappa shape index (κ1) is 99.0. The third-order valence-electron chi connectivity index (χ3n) is 13.8. The van der Waals surface area contributed by atoms with Crippen molar-refractivity contribution in [3.8, 4) is 33.6 Å². The molecule has 1 radical (unpaired) electrons. The second-order valence-corrected chi connectivity index (χ2v) is 33.0. The van der Waals surface area contributed by atoms with Crippen LogP contribution in [-0.2, 0) is 65.5 Å². The van der Waals surface area contributed by atoms with E-state index in [4.69, 9.17) is 79.5 Å². The third-order valence-corrected chi connectivity index (χ3v) is 16.7. The van der Waals surface area contributed by atoms with Gasteiger partial charge in [0.2, 0.25) is 5.54 Å². The van der Waals surface area contributed by atoms with Gasteiger partial charge < -0.3 is 39.6 Å². The van der Waals surface area contributed by atoms with Gasteiger partial charge in [0.15, 0.2) is 11.3 Å². The Kier molecular flexibility index (Phi) is 35.7. The smallest absolute Gasteiger partial charge is 0.399 e. The molecule has 1 aliphatic rings. The van der Waals surface area contributed by atoms with Gasteiger partial charge in [0.25, 0.3) is 0 Å². The number of halogens is 11. The molecule has 10 aromatic rings. The van der Waals surface area contributed by atoms with Crippen LogP contribution in [0.2, 0.25) is 0 Å². The van der Waals surface area contributed by atoms with Gasteiger partial charge in [-0.15, -0.1) is 0 Å². The summed E-state index contributed by atoms with van der Waals surface area (Å²) in [4.78, 5) is 38.5. The van der Waals surface area contributed by atoms with Gasteiger partial charge in [0.1, 0.15) is 53.0 Å². The zero-order valence-corrected chi connectivity index (χ0v) is 70.0. The second-order valence-electron chi connectivity index (χ2n) is 26.9. The topological polar surface area (TPSA) is 391 Å². The maximum absolute atomic E-state index is 10.7. The van der Waals surface area contributed by atoms with Gasteiger partial charge in [-0.1, -0.05) is 90.7 Å². The van der Waals surface area contributed by atoms with Crippen molar-refractivity contribution >= 4 is 110 Å². The number of benzene rings is 3. The van der Waals surface area contributed by atoms with Crippen molar-refractivity contribution in [3.05, 3.63) is 177 Å². The van der Waals surface area contributed by atoms with Crippen molar-refractivity contribution in [2.75, 3.05) is 16.4 Å². The minimum Gasteiger partial charge on any atom is -0.399 e. The summed E-state index contributed by atoms with van der Waals surface area (Å²) in [6.07, 6.45) is 14.8. The number of nitrogens with one attached hydrogen (secondary N) is 2. The first-order chi connectivity index (χ1) is 50.0. The number of nitrogen functional groups attached to an aromatic ring is 1. The van der Waals surface area contributed by atoms with Gasteiger partial charge in [-0.3, -0.25) is 37.2 Å². The van der Waals surface area contributed by atoms with Crippen molar-refractivity contribution in [2.45, 2.75) is 162 Å². The molecule has 11 rings (SSSR count). The zero-order chi connectivity index (χ0) is 84.4. The van der Waals surface area contributed by atoms with Crippen LogP contribution in [0.4, 0.5) is 57.0 Å². The monoisotopic (exact) mass is 1790 g/mol. The van der Waals surface area contributed by atoms with Gasteiger partial charge in [-0.05, 0) is 133 Å². The molecule has 603 valence electrons. The van der Waals surface area contributed by atoms with Crippen molar-refractivity contribution in [1.82, 2.24) is 49.0 Å². The van der Waals surface area contributed by atoms with E-state index in [2.05, 4.69) is 156 Å². The molecular formula is C67H80BBr2F9N14O14S3Sc. The number of anilines is 3. The van der Waals surface area contributed by atoms with Crippen LogP contribution in [-0.4, -0.2) is 146 Å². The molecule has 0 amide bonds. The van der Waals surface area contributed by atoms with E-state index in [1.807, 2.05) is 122 Å². The van der Waals surface area contributed by atoms with Crippen LogP contribution >= 0.6 is 31.9 Å². The molecule has 7 N–H and O–H groups in total. The number of aldehydes is 1. The summed E-state index contributed by atoms with van der Waals surface area (Å²) in [6.45, 7) is 40.8. The molecule has 0 spiro atoms. The second kappa shape index (κ2) is 40.1. The number of imidazole rings is 2. The molecule has 0 aliphatic carbocycles. The number of carbonyl (C=O) groups is 1. The van der Waals surface area contributed by atoms with Crippen LogP contribution in [0.5, 0.6) is 0 Å². The van der Waals surface area contributed by atoms with E-state index in [-0.39, 0.29) is 60.8 Å². The molecule has 3 aromatic carbocycles. The fourth-order valence-electron chi connectivity index (χ4n) is 8.09. The minimum absolute atomic E-state index is 0. The zero-order valence-electron chi connectivity index (χ0n) is 62.6. The number of aryl methyl sites for hydroxylation is 4. The van der Waals surface area contributed by atoms with Crippen LogP contribution in [0.25, 0.3) is 49.8 Å². The Morgan fingerprint density at radius 3 is 1.18 bits per heavy atom. The quantitative estimate of drug-likeness (QED) is 0.0215. The van der Waals surface area contributed by atoms with Gasteiger partial charge >= 0.3 is 54.0 Å². The maximum Gasteiger partial charge on any atom is 0.522 e. The number of hydrogen-bond donors (Lipinski definition) is 6. The van der Waals surface area contributed by atoms with E-state index < -0.39 is 46.9 Å². The maximum atomic E-state index is 10.7. The van der Waals surface area contributed by atoms with Gasteiger partial charge in [-0.2, -0.15) is 64.8 Å². The predicted octanol–water partition coefficient (Wildman–Crippen LogP) is 16.0. The Morgan fingerprint density at radius 2 is 0.901 bits per heavy atom. The van der Waals surface area contributed by atoms with E-state index >= 15 is 0 Å². The Labute approximate surface area is 671 Å². The summed E-state index contributed by atoms with van der Waals surface area (Å²) in [5, 5.41) is 15.1. The van der Waals surface area contributed by atoms with E-state index in [0.29, 0.717) is 11.4 Å². The average molecular weight is 1790 g/mol. The van der Waals surface area contributed by atoms with Crippen LogP contribution in [0, 0.1) is 34.3 Å². The molecule has 0 unspecified atom stereocenters. The van der Waals surface area contributed by atoms with E-state index in [9.17, 15) is 44.3 Å². The summed E-state index contributed by atoms with van der Waals surface area (Å²) >= 11 is 6.73. The van der Waals surface area contributed by atoms with Crippen LogP contribution < -0.4 is 21.8 Å². The number of nitrogens with two attached hydrogens (primary N) is 1. The van der Waals surface area contributed by atoms with Crippen molar-refractivity contribution in [2.24, 2.45) is 0 Å². The number of aromatic nitrogens is 10. The van der Waals surface area contributed by atoms with Crippen LogP contribution in [0.1, 0.15) is 123 Å². The first-order valence-corrected chi connectivity index (χ1v) is 37.5. The molecule has 1 fully saturated rings. The largest absolute Gasteiger partial charge is 0.522 e. The van der Waals surface area contributed by atoms with Gasteiger partial charge in [0, 0.05) is 125 Å². The molecule has 1 saturated heterocycles. The normalized spacial score (nSPS) is 13.3. The third kappa shape index (κ3) is 31.8. The Bertz CT molecular complexity index is 4900. The number of hydrogen-bond acceptors (Lipinski definition) is 22. The van der Waals surface area contributed by atoms with Crippen molar-refractivity contribution < 1.29 is 127 Å². The van der Waals surface area contributed by atoms with Gasteiger partial charge in [0.05, 0.1) is 35.0 Å². The van der Waals surface area contributed by atoms with Crippen LogP contribution in [0.3, 0.4) is 0 Å². The molecule has 28 nitrogen and oxygen atoms in total. The summed E-state index contributed by atoms with van der Waals surface area (Å²) in [5.74, 6) is 4.05. The van der Waals surface area contributed by atoms with E-state index in [1.54, 1.807) is 49.2 Å². The number of carbonyl (C=O) groups excluding carboxylic acids is 1. The molecule has 111 heavy (non-hydrogen) atoms. The van der Waals surface area contributed by atoms with Crippen molar-refractivity contribution in [1.29, 1.82) is 0 Å². The number of fused-ring (bicyclic) bond motifs is 2. The Balaban J connectivity index is 0.000000448. The van der Waals surface area contributed by atoms with E-state index in [0.717, 1.165) is 100 Å². The standard InChI is InChI=1S/C21H23N5O.C16H17BrN4.C11H18BNO3.C7H5BrO.C5H9N.C4H5N3.3CHF3O3S.Sc/c1-13-18(14(2)27-25-13)15-6-8-16(9-7-15)19-20(24-21(3,4)5)26-11-10-22-12-17(26)23-19;1-16(2,3)20-15-14(11-4-6-12(17)7-5-11)19-13-10-18-8-9-21(13)15;1-7-9(8(2)14-13-7)12-15-10(3,4)11(5,6)16-12;8-7-3-1-6(5-9)2-4-7;1-5(2,3)6-4;5-4-1-2-6-3-7-4;3*2-1(3,4)8(5,6)7;/h6-12,24H,1-5H3;4-10,20H,1-3H3;1-6H3;1-5H;1-3H3;1-3H,(H2,5,6,7);3*(H,5,6,7);. The Hall–Kier alpha value is -8.12. The summed E-state index contributed by atoms with van der Waals surface area (Å²) in [6, 6.07) is 25.4. The Morgan fingerprint density at radius 1 is 0.559 bits per heavy atom. The number of rotatable bonds is 7. The molecule has 0 atom stereocenters. The van der Waals surface area contributed by atoms with E-state index in [1.165, 1.54) is 6.33 Å². The molecule has 7 aromatic heterocycles. The molecule has 0 bridgehead atoms. The average Bonchev–Trinajstić information content (AvgIpc) is 1.64. The number of alkyl halides is 9. The van der Waals surface area contributed by atoms with Crippen molar-refractivity contribution in [3.63, 3.8) is 0 Å². The van der Waals surface area contributed by atoms with Crippen LogP contribution in [0.15, 0.2) is 147 Å². The van der Waals surface area contributed by atoms with Gasteiger partial charge in [-0.25, -0.2) is 26.5 Å². The molecule has 44 heteroatoms. The number of nitrogens with zero attached hydrogens (tertiary/aromatic N) is 11. The molecule has 8 heterocycles. The molecular weight excluding hydrogens is 1710 g/mol. The summed E-state index contributed by atoms with van der Waals surface area (Å²) < 4.78 is 201. The minimum atomic E-state index is -5.84. The fraction of sp³-hybridized carbons (Fsp3) is 0.373.